The van der Waals surface area contributed by atoms with Crippen molar-refractivity contribution in [2.45, 2.75) is 19.0 Å². The van der Waals surface area contributed by atoms with Crippen molar-refractivity contribution in [3.8, 4) is 11.5 Å². The van der Waals surface area contributed by atoms with Crippen molar-refractivity contribution in [3.63, 3.8) is 0 Å². The number of phenols is 1. The number of ether oxygens (including phenoxy) is 1. The van der Waals surface area contributed by atoms with Crippen LogP contribution >= 0.6 is 12.4 Å². The lowest BCUT2D eigenvalue weighted by atomic mass is 9.78. The molecule has 2 unspecified atom stereocenters. The zero-order valence-corrected chi connectivity index (χ0v) is 15.2. The predicted octanol–water partition coefficient (Wildman–Crippen LogP) is 4.40. The first kappa shape index (κ1) is 19.5. The van der Waals surface area contributed by atoms with Crippen LogP contribution < -0.4 is 4.74 Å². The molecule has 1 N–H and O–H groups in total. The number of para-hydroxylation sites is 1. The number of rotatable bonds is 5. The number of piperidine rings is 1. The van der Waals surface area contributed by atoms with Crippen molar-refractivity contribution in [1.29, 1.82) is 0 Å². The minimum Gasteiger partial charge on any atom is -0.508 e. The van der Waals surface area contributed by atoms with E-state index < -0.39 is 5.67 Å². The Balaban J connectivity index is 0.00000225. The Morgan fingerprint density at radius 3 is 2.64 bits per heavy atom. The number of hydrogen-bond donors (Lipinski definition) is 1. The Labute approximate surface area is 154 Å². The highest BCUT2D eigenvalue weighted by Crippen LogP contribution is 2.41. The van der Waals surface area contributed by atoms with E-state index in [0.717, 1.165) is 12.3 Å². The first-order chi connectivity index (χ1) is 11.6. The number of hydrogen-bond acceptors (Lipinski definition) is 3. The molecule has 1 saturated heterocycles. The van der Waals surface area contributed by atoms with E-state index in [0.29, 0.717) is 31.7 Å². The largest absolute Gasteiger partial charge is 0.508 e. The van der Waals surface area contributed by atoms with Gasteiger partial charge in [-0.1, -0.05) is 37.3 Å². The highest BCUT2D eigenvalue weighted by atomic mass is 35.5. The van der Waals surface area contributed by atoms with Crippen molar-refractivity contribution in [1.82, 2.24) is 4.90 Å². The number of nitrogens with zero attached hydrogens (tertiary/aromatic N) is 1. The molecule has 1 aliphatic rings. The molecular formula is C20H25ClFNO2. The Morgan fingerprint density at radius 2 is 1.96 bits per heavy atom. The second kappa shape index (κ2) is 8.54. The van der Waals surface area contributed by atoms with Crippen LogP contribution in [-0.4, -0.2) is 36.2 Å². The molecule has 25 heavy (non-hydrogen) atoms. The summed E-state index contributed by atoms with van der Waals surface area (Å²) < 4.78 is 21.2. The maximum Gasteiger partial charge on any atom is 0.141 e. The zero-order chi connectivity index (χ0) is 17.0. The second-order valence-corrected chi connectivity index (χ2v) is 6.53. The van der Waals surface area contributed by atoms with Crippen molar-refractivity contribution in [3.05, 3.63) is 60.2 Å². The Kier molecular flexibility index (Phi) is 6.68. The molecule has 1 heterocycles. The molecule has 0 amide bonds. The predicted molar refractivity (Wildman–Crippen MR) is 100 cm³/mol. The van der Waals surface area contributed by atoms with Crippen molar-refractivity contribution >= 4 is 12.4 Å². The lowest BCUT2D eigenvalue weighted by Crippen LogP contribution is -2.47. The molecule has 3 nitrogen and oxygen atoms in total. The molecule has 2 atom stereocenters. The summed E-state index contributed by atoms with van der Waals surface area (Å²) in [4.78, 5) is 2.24. The lowest BCUT2D eigenvalue weighted by molar-refractivity contribution is -0.00214. The summed E-state index contributed by atoms with van der Waals surface area (Å²) in [5.74, 6) is 0.849. The molecule has 5 heteroatoms. The van der Waals surface area contributed by atoms with Gasteiger partial charge in [0.25, 0.3) is 0 Å². The molecule has 0 saturated carbocycles. The van der Waals surface area contributed by atoms with Gasteiger partial charge in [0, 0.05) is 25.6 Å². The molecule has 2 aromatic carbocycles. The van der Waals surface area contributed by atoms with Crippen LogP contribution in [0.4, 0.5) is 4.39 Å². The smallest absolute Gasteiger partial charge is 0.141 e. The molecule has 136 valence electrons. The molecule has 0 spiro atoms. The van der Waals surface area contributed by atoms with Gasteiger partial charge in [-0.2, -0.15) is 0 Å². The van der Waals surface area contributed by atoms with Crippen LogP contribution in [0.2, 0.25) is 0 Å². The van der Waals surface area contributed by atoms with E-state index in [-0.39, 0.29) is 24.1 Å². The summed E-state index contributed by atoms with van der Waals surface area (Å²) in [6, 6.07) is 16.3. The Morgan fingerprint density at radius 1 is 1.20 bits per heavy atom. The highest BCUT2D eigenvalue weighted by molar-refractivity contribution is 5.85. The molecular weight excluding hydrogens is 341 g/mol. The number of halogens is 2. The van der Waals surface area contributed by atoms with Crippen LogP contribution in [0.25, 0.3) is 0 Å². The van der Waals surface area contributed by atoms with E-state index in [9.17, 15) is 5.11 Å². The highest BCUT2D eigenvalue weighted by Gasteiger charge is 2.42. The number of alkyl halides is 1. The van der Waals surface area contributed by atoms with Crippen LogP contribution in [0, 0.1) is 5.92 Å². The van der Waals surface area contributed by atoms with Crippen molar-refractivity contribution in [2.75, 3.05) is 26.2 Å². The minimum atomic E-state index is -1.38. The number of likely N-dealkylation sites (tertiary alicyclic amines) is 1. The van der Waals surface area contributed by atoms with Gasteiger partial charge >= 0.3 is 0 Å². The third-order valence-corrected chi connectivity index (χ3v) is 4.85. The third-order valence-electron chi connectivity index (χ3n) is 4.85. The lowest BCUT2D eigenvalue weighted by Gasteiger charge is -2.41. The van der Waals surface area contributed by atoms with Crippen LogP contribution in [0.15, 0.2) is 54.6 Å². The first-order valence-corrected chi connectivity index (χ1v) is 8.46. The average molecular weight is 366 g/mol. The van der Waals surface area contributed by atoms with Crippen molar-refractivity contribution in [2.24, 2.45) is 5.92 Å². The van der Waals surface area contributed by atoms with Gasteiger partial charge < -0.3 is 9.84 Å². The van der Waals surface area contributed by atoms with E-state index >= 15 is 4.39 Å². The normalized spacial score (nSPS) is 23.7. The second-order valence-electron chi connectivity index (χ2n) is 6.53. The summed E-state index contributed by atoms with van der Waals surface area (Å²) >= 11 is 0. The molecule has 3 rings (SSSR count). The maximum atomic E-state index is 15.5. The summed E-state index contributed by atoms with van der Waals surface area (Å²) in [6.07, 6.45) is 0.433. The number of benzene rings is 2. The van der Waals surface area contributed by atoms with E-state index in [1.165, 1.54) is 0 Å². The third kappa shape index (κ3) is 4.65. The molecule has 2 aromatic rings. The van der Waals surface area contributed by atoms with Crippen molar-refractivity contribution < 1.29 is 14.2 Å². The fraction of sp³-hybridized carbons (Fsp3) is 0.400. The van der Waals surface area contributed by atoms with Gasteiger partial charge in [0.1, 0.15) is 23.8 Å². The molecule has 0 aromatic heterocycles. The van der Waals surface area contributed by atoms with Gasteiger partial charge in [0.05, 0.1) is 0 Å². The number of aromatic hydroxyl groups is 1. The molecule has 0 aliphatic carbocycles. The fourth-order valence-electron chi connectivity index (χ4n) is 3.40. The fourth-order valence-corrected chi connectivity index (χ4v) is 3.40. The van der Waals surface area contributed by atoms with Crippen LogP contribution in [0.3, 0.4) is 0 Å². The monoisotopic (exact) mass is 365 g/mol. The standard InChI is InChI=1S/C20H24FNO2.ClH/c1-16-15-22(12-13-24-19-8-3-2-4-9-19)11-10-20(16,21)17-6-5-7-18(23)14-17;/h2-9,14,16,23H,10-13,15H2,1H3;1H. The average Bonchev–Trinajstić information content (AvgIpc) is 2.59. The van der Waals surface area contributed by atoms with Gasteiger partial charge in [-0.3, -0.25) is 4.90 Å². The van der Waals surface area contributed by atoms with Gasteiger partial charge in [-0.25, -0.2) is 4.39 Å². The first-order valence-electron chi connectivity index (χ1n) is 8.46. The van der Waals surface area contributed by atoms with Gasteiger partial charge in [0.2, 0.25) is 0 Å². The summed E-state index contributed by atoms with van der Waals surface area (Å²) in [5, 5.41) is 9.63. The van der Waals surface area contributed by atoms with E-state index in [1.807, 2.05) is 37.3 Å². The van der Waals surface area contributed by atoms with Gasteiger partial charge in [-0.15, -0.1) is 12.4 Å². The van der Waals surface area contributed by atoms with Crippen LogP contribution in [0.1, 0.15) is 18.9 Å². The zero-order valence-electron chi connectivity index (χ0n) is 14.4. The minimum absolute atomic E-state index is 0. The van der Waals surface area contributed by atoms with E-state index in [2.05, 4.69) is 4.90 Å². The SMILES string of the molecule is CC1CN(CCOc2ccccc2)CCC1(F)c1cccc(O)c1.Cl. The van der Waals surface area contributed by atoms with Crippen LogP contribution in [0.5, 0.6) is 11.5 Å². The number of phenolic OH excluding ortho intramolecular Hbond substituents is 1. The summed E-state index contributed by atoms with van der Waals surface area (Å²) in [5.41, 5.74) is -0.801. The van der Waals surface area contributed by atoms with Crippen LogP contribution in [-0.2, 0) is 5.67 Å². The Bertz CT molecular complexity index is 670. The molecule has 0 radical (unpaired) electrons. The summed E-state index contributed by atoms with van der Waals surface area (Å²) in [7, 11) is 0. The van der Waals surface area contributed by atoms with Gasteiger partial charge in [-0.05, 0) is 36.2 Å². The van der Waals surface area contributed by atoms with Gasteiger partial charge in [0.15, 0.2) is 0 Å². The maximum absolute atomic E-state index is 15.5. The summed E-state index contributed by atoms with van der Waals surface area (Å²) in [6.45, 7) is 4.70. The van der Waals surface area contributed by atoms with E-state index in [4.69, 9.17) is 4.74 Å². The quantitative estimate of drug-likeness (QED) is 0.852. The molecule has 0 bridgehead atoms. The molecule has 1 aliphatic heterocycles. The molecule has 1 fully saturated rings. The topological polar surface area (TPSA) is 32.7 Å². The Hall–Kier alpha value is -1.78. The van der Waals surface area contributed by atoms with E-state index in [1.54, 1.807) is 24.3 Å².